The third-order valence-electron chi connectivity index (χ3n) is 7.48. The van der Waals surface area contributed by atoms with Crippen molar-refractivity contribution in [1.82, 2.24) is 4.98 Å². The number of ketones is 1. The number of hydrogen-bond acceptors (Lipinski definition) is 4. The molecule has 0 amide bonds. The zero-order valence-corrected chi connectivity index (χ0v) is 27.5. The number of alkyl halides is 3. The van der Waals surface area contributed by atoms with E-state index in [1.54, 1.807) is 48.5 Å². The quantitative estimate of drug-likeness (QED) is 0.104. The first-order valence-electron chi connectivity index (χ1n) is 14.9. The Hall–Kier alpha value is -3.79. The zero-order valence-electron chi connectivity index (χ0n) is 26.1. The number of aliphatic hydroxyl groups is 1. The van der Waals surface area contributed by atoms with Crippen LogP contribution in [-0.4, -0.2) is 15.9 Å². The summed E-state index contributed by atoms with van der Waals surface area (Å²) in [5, 5.41) is 20.4. The van der Waals surface area contributed by atoms with Gasteiger partial charge in [0.2, 0.25) is 0 Å². The largest absolute Gasteiger partial charge is 0.512 e. The number of aliphatic hydroxyl groups excluding tert-OH is 1. The third-order valence-corrected chi connectivity index (χ3v) is 7.48. The summed E-state index contributed by atoms with van der Waals surface area (Å²) in [5.41, 5.74) is 0.613. The van der Waals surface area contributed by atoms with Crippen LogP contribution in [-0.2, 0) is 31.1 Å². The van der Waals surface area contributed by atoms with Gasteiger partial charge >= 0.3 is 6.18 Å². The molecule has 0 spiro atoms. The molecule has 0 saturated carbocycles. The molecule has 8 heteroatoms. The van der Waals surface area contributed by atoms with Crippen LogP contribution in [0.1, 0.15) is 65.9 Å². The first-order chi connectivity index (χ1) is 21.0. The van der Waals surface area contributed by atoms with Gasteiger partial charge in [-0.3, -0.25) is 9.78 Å². The van der Waals surface area contributed by atoms with Crippen LogP contribution in [0.4, 0.5) is 13.2 Å². The van der Waals surface area contributed by atoms with E-state index in [0.29, 0.717) is 27.5 Å². The van der Waals surface area contributed by atoms with Crippen molar-refractivity contribution in [2.45, 2.75) is 59.6 Å². The van der Waals surface area contributed by atoms with E-state index in [1.807, 2.05) is 27.7 Å². The fourth-order valence-corrected chi connectivity index (χ4v) is 4.86. The van der Waals surface area contributed by atoms with E-state index in [4.69, 9.17) is 1.37 Å². The second kappa shape index (κ2) is 16.9. The van der Waals surface area contributed by atoms with E-state index in [0.717, 1.165) is 31.9 Å². The minimum atomic E-state index is -4.55. The van der Waals surface area contributed by atoms with Gasteiger partial charge in [0.25, 0.3) is 0 Å². The molecule has 0 bridgehead atoms. The number of nitriles is 1. The van der Waals surface area contributed by atoms with Gasteiger partial charge in [-0.1, -0.05) is 93.2 Å². The molecule has 0 atom stereocenters. The van der Waals surface area contributed by atoms with Gasteiger partial charge in [-0.2, -0.15) is 18.4 Å². The molecule has 233 valence electrons. The van der Waals surface area contributed by atoms with E-state index in [2.05, 4.69) is 17.1 Å². The summed E-state index contributed by atoms with van der Waals surface area (Å²) in [6.45, 7) is 8.07. The number of rotatable bonds is 9. The molecule has 0 aliphatic carbocycles. The third kappa shape index (κ3) is 9.11. The van der Waals surface area contributed by atoms with E-state index in [-0.39, 0.29) is 60.8 Å². The van der Waals surface area contributed by atoms with Crippen LogP contribution in [0.25, 0.3) is 33.2 Å². The number of halogens is 3. The van der Waals surface area contributed by atoms with Gasteiger partial charge in [0, 0.05) is 49.9 Å². The normalized spacial score (nSPS) is 11.8. The van der Waals surface area contributed by atoms with Crippen molar-refractivity contribution in [3.8, 4) is 28.5 Å². The van der Waals surface area contributed by atoms with Crippen LogP contribution < -0.4 is 0 Å². The van der Waals surface area contributed by atoms with E-state index in [9.17, 15) is 28.3 Å². The number of pyridine rings is 1. The Morgan fingerprint density at radius 3 is 2.23 bits per heavy atom. The number of carbonyl (C=O) groups excluding carboxylic acids is 1. The number of hydrogen-bond donors (Lipinski definition) is 1. The SMILES string of the molecule is CCC(CC)C(=O)/C=C(\O)C(CC)CC.[2H]c1ccc2[c-]c(-c3cc(-c4ccccc4)c(C(F)(F)F)cn3)cc(C#N)c2c1.[Ir]. The maximum Gasteiger partial charge on any atom is 0.418 e. The molecule has 0 saturated heterocycles. The Morgan fingerprint density at radius 2 is 1.66 bits per heavy atom. The number of allylic oxidation sites excluding steroid dienone is 2. The van der Waals surface area contributed by atoms with Crippen molar-refractivity contribution < 1.29 is 44.5 Å². The van der Waals surface area contributed by atoms with E-state index >= 15 is 0 Å². The maximum absolute atomic E-state index is 13.5. The van der Waals surface area contributed by atoms with Gasteiger partial charge in [0.15, 0.2) is 5.78 Å². The van der Waals surface area contributed by atoms with Gasteiger partial charge in [-0.05, 0) is 42.4 Å². The molecule has 44 heavy (non-hydrogen) atoms. The number of benzene rings is 3. The molecule has 1 radical (unpaired) electrons. The van der Waals surface area contributed by atoms with Gasteiger partial charge in [-0.15, -0.1) is 23.6 Å². The Labute approximate surface area is 272 Å². The summed E-state index contributed by atoms with van der Waals surface area (Å²) in [5.74, 6) is 0.547. The summed E-state index contributed by atoms with van der Waals surface area (Å²) < 4.78 is 48.3. The Kier molecular flexibility index (Phi) is 13.3. The molecule has 1 N–H and O–H groups in total. The first-order valence-corrected chi connectivity index (χ1v) is 14.4. The number of nitrogens with zero attached hydrogens (tertiary/aromatic N) is 2. The van der Waals surface area contributed by atoms with Crippen LogP contribution in [0.5, 0.6) is 0 Å². The predicted molar refractivity (Wildman–Crippen MR) is 165 cm³/mol. The van der Waals surface area contributed by atoms with Crippen molar-refractivity contribution in [2.24, 2.45) is 11.8 Å². The molecule has 0 unspecified atom stereocenters. The van der Waals surface area contributed by atoms with Crippen LogP contribution in [0.15, 0.2) is 84.7 Å². The van der Waals surface area contributed by atoms with Crippen molar-refractivity contribution >= 4 is 16.6 Å². The van der Waals surface area contributed by atoms with Gasteiger partial charge < -0.3 is 5.11 Å². The zero-order chi connectivity index (χ0) is 32.4. The van der Waals surface area contributed by atoms with Crippen molar-refractivity contribution in [3.05, 3.63) is 102 Å². The topological polar surface area (TPSA) is 74.0 Å². The van der Waals surface area contributed by atoms with Crippen LogP contribution >= 0.6 is 0 Å². The molecular formula is C36H36F3IrN2O2-. The monoisotopic (exact) mass is 779 g/mol. The number of fused-ring (bicyclic) bond motifs is 1. The molecule has 3 aromatic carbocycles. The summed E-state index contributed by atoms with van der Waals surface area (Å²) in [7, 11) is 0. The average Bonchev–Trinajstić information content (AvgIpc) is 3.01. The molecular weight excluding hydrogens is 742 g/mol. The fourth-order valence-electron chi connectivity index (χ4n) is 4.86. The summed E-state index contributed by atoms with van der Waals surface area (Å²) in [4.78, 5) is 15.7. The molecule has 0 aliphatic heterocycles. The predicted octanol–water partition coefficient (Wildman–Crippen LogP) is 10.1. The van der Waals surface area contributed by atoms with Crippen LogP contribution in [0.2, 0.25) is 0 Å². The second-order valence-corrected chi connectivity index (χ2v) is 10.2. The maximum atomic E-state index is 13.5. The Balaban J connectivity index is 0.000000378. The Morgan fingerprint density at radius 1 is 1.02 bits per heavy atom. The van der Waals surface area contributed by atoms with Crippen LogP contribution in [0.3, 0.4) is 0 Å². The minimum absolute atomic E-state index is 0. The van der Waals surface area contributed by atoms with Crippen molar-refractivity contribution in [2.75, 3.05) is 0 Å². The van der Waals surface area contributed by atoms with Crippen LogP contribution in [0, 0.1) is 29.2 Å². The molecule has 1 aromatic heterocycles. The molecule has 4 nitrogen and oxygen atoms in total. The van der Waals surface area contributed by atoms with E-state index in [1.165, 1.54) is 18.2 Å². The second-order valence-electron chi connectivity index (χ2n) is 10.2. The first kappa shape index (κ1) is 34.7. The average molecular weight is 779 g/mol. The molecule has 0 aliphatic rings. The molecule has 0 fully saturated rings. The molecule has 1 heterocycles. The molecule has 4 aromatic rings. The van der Waals surface area contributed by atoms with Gasteiger partial charge in [0.1, 0.15) is 0 Å². The summed E-state index contributed by atoms with van der Waals surface area (Å²) >= 11 is 0. The summed E-state index contributed by atoms with van der Waals surface area (Å²) in [6, 6.07) is 21.4. The smallest absolute Gasteiger partial charge is 0.418 e. The standard InChI is InChI=1S/C23H12F3N2.C13H24O2.Ir/c24-23(25,26)21-14-28-22(12-20(21)15-6-2-1-3-7-15)17-10-16-8-4-5-9-19(16)18(11-17)13-27;1-5-10(6-2)12(14)9-13(15)11(7-3)8-4;/h1-9,11-12,14H;9-11,14H,5-8H2,1-4H3;/q-1;;/b;12-9-;/i5D;;. The summed E-state index contributed by atoms with van der Waals surface area (Å²) in [6.07, 6.45) is 1.17. The van der Waals surface area contributed by atoms with Gasteiger partial charge in [0.05, 0.1) is 18.8 Å². The molecule has 4 rings (SSSR count). The number of carbonyl (C=O) groups is 1. The van der Waals surface area contributed by atoms with E-state index < -0.39 is 11.7 Å². The number of aromatic nitrogens is 1. The van der Waals surface area contributed by atoms with Gasteiger partial charge in [-0.25, -0.2) is 0 Å². The van der Waals surface area contributed by atoms with Crippen molar-refractivity contribution in [1.29, 1.82) is 5.26 Å². The Bertz CT molecular complexity index is 1660. The van der Waals surface area contributed by atoms with Crippen molar-refractivity contribution in [3.63, 3.8) is 0 Å². The fraction of sp³-hybridized carbons (Fsp3) is 0.306. The minimum Gasteiger partial charge on any atom is -0.512 e.